The van der Waals surface area contributed by atoms with Gasteiger partial charge in [0.15, 0.2) is 0 Å². The first-order chi connectivity index (χ1) is 6.82. The second kappa shape index (κ2) is 4.69. The Morgan fingerprint density at radius 3 is 2.27 bits per heavy atom. The predicted molar refractivity (Wildman–Crippen MR) is 65.7 cm³/mol. The molecule has 1 N–H and O–H groups in total. The van der Waals surface area contributed by atoms with E-state index in [9.17, 15) is 5.11 Å². The molecule has 0 spiro atoms. The summed E-state index contributed by atoms with van der Waals surface area (Å²) in [6, 6.07) is 0. The van der Waals surface area contributed by atoms with E-state index in [-0.39, 0.29) is 6.10 Å². The Hall–Kier alpha value is -0.300. The summed E-state index contributed by atoms with van der Waals surface area (Å²) >= 11 is 0. The van der Waals surface area contributed by atoms with Crippen LogP contribution in [0.4, 0.5) is 0 Å². The van der Waals surface area contributed by atoms with Gasteiger partial charge in [-0.25, -0.2) is 0 Å². The zero-order valence-corrected chi connectivity index (χ0v) is 10.9. The van der Waals surface area contributed by atoms with Gasteiger partial charge in [-0.05, 0) is 42.1 Å². The summed E-state index contributed by atoms with van der Waals surface area (Å²) in [6.07, 6.45) is 5.53. The highest BCUT2D eigenvalue weighted by Crippen LogP contribution is 2.38. The molecule has 0 aromatic carbocycles. The molecule has 1 heteroatoms. The van der Waals surface area contributed by atoms with Crippen LogP contribution < -0.4 is 0 Å². The molecule has 0 saturated heterocycles. The van der Waals surface area contributed by atoms with Crippen LogP contribution in [0.5, 0.6) is 0 Å². The van der Waals surface area contributed by atoms with Gasteiger partial charge in [0.1, 0.15) is 0 Å². The molecule has 0 amide bonds. The predicted octanol–water partition coefficient (Wildman–Crippen LogP) is 3.78. The van der Waals surface area contributed by atoms with Gasteiger partial charge in [0.25, 0.3) is 0 Å². The van der Waals surface area contributed by atoms with E-state index >= 15 is 0 Å². The van der Waals surface area contributed by atoms with Crippen LogP contribution in [0.25, 0.3) is 0 Å². The van der Waals surface area contributed by atoms with Crippen molar-refractivity contribution < 1.29 is 5.11 Å². The molecule has 0 aromatic heterocycles. The molecule has 1 rings (SSSR count). The first kappa shape index (κ1) is 12.8. The molecule has 1 nitrogen and oxygen atoms in total. The van der Waals surface area contributed by atoms with Crippen LogP contribution in [0.2, 0.25) is 0 Å². The molecule has 1 aliphatic carbocycles. The molecule has 0 heterocycles. The fourth-order valence-corrected chi connectivity index (χ4v) is 2.34. The second-order valence-corrected chi connectivity index (χ2v) is 6.31. The quantitative estimate of drug-likeness (QED) is 0.688. The van der Waals surface area contributed by atoms with Crippen molar-refractivity contribution in [3.05, 3.63) is 11.6 Å². The summed E-state index contributed by atoms with van der Waals surface area (Å²) in [5, 5.41) is 9.97. The SMILES string of the molecule is CC(C)C(O)C1=CCC(C(C)(C)C)CC1. The molecule has 0 bridgehead atoms. The summed E-state index contributed by atoms with van der Waals surface area (Å²) in [7, 11) is 0. The van der Waals surface area contributed by atoms with Crippen molar-refractivity contribution in [2.45, 2.75) is 60.0 Å². The van der Waals surface area contributed by atoms with Gasteiger partial charge < -0.3 is 5.11 Å². The van der Waals surface area contributed by atoms with Gasteiger partial charge in [0.05, 0.1) is 6.10 Å². The first-order valence-electron chi connectivity index (χ1n) is 6.19. The Kier molecular flexibility index (Phi) is 3.99. The van der Waals surface area contributed by atoms with E-state index in [2.05, 4.69) is 40.7 Å². The average Bonchev–Trinajstić information content (AvgIpc) is 2.15. The van der Waals surface area contributed by atoms with Gasteiger partial charge in [-0.3, -0.25) is 0 Å². The summed E-state index contributed by atoms with van der Waals surface area (Å²) in [5.41, 5.74) is 1.68. The number of rotatable bonds is 2. The van der Waals surface area contributed by atoms with Crippen molar-refractivity contribution in [2.24, 2.45) is 17.3 Å². The Balaban J connectivity index is 2.59. The third-order valence-corrected chi connectivity index (χ3v) is 3.68. The summed E-state index contributed by atoms with van der Waals surface area (Å²) in [4.78, 5) is 0. The van der Waals surface area contributed by atoms with E-state index < -0.39 is 0 Å². The van der Waals surface area contributed by atoms with Gasteiger partial charge >= 0.3 is 0 Å². The third kappa shape index (κ3) is 3.34. The fraction of sp³-hybridized carbons (Fsp3) is 0.857. The molecule has 0 saturated carbocycles. The maximum atomic E-state index is 9.97. The highest BCUT2D eigenvalue weighted by molar-refractivity contribution is 5.13. The Labute approximate surface area is 94.6 Å². The topological polar surface area (TPSA) is 20.2 Å². The molecule has 2 atom stereocenters. The molecule has 2 unspecified atom stereocenters. The number of allylic oxidation sites excluding steroid dienone is 1. The van der Waals surface area contributed by atoms with E-state index in [0.29, 0.717) is 11.3 Å². The molecule has 0 aliphatic heterocycles. The maximum Gasteiger partial charge on any atom is 0.0772 e. The smallest absolute Gasteiger partial charge is 0.0772 e. The van der Waals surface area contributed by atoms with E-state index in [0.717, 1.165) is 18.8 Å². The first-order valence-corrected chi connectivity index (χ1v) is 6.19. The summed E-state index contributed by atoms with van der Waals surface area (Å²) < 4.78 is 0. The molecular formula is C14H26O. The van der Waals surface area contributed by atoms with Crippen molar-refractivity contribution in [3.8, 4) is 0 Å². The Morgan fingerprint density at radius 1 is 1.33 bits per heavy atom. The highest BCUT2D eigenvalue weighted by Gasteiger charge is 2.28. The molecule has 0 radical (unpaired) electrons. The number of hydrogen-bond acceptors (Lipinski definition) is 1. The van der Waals surface area contributed by atoms with E-state index in [1.807, 2.05) is 0 Å². The zero-order chi connectivity index (χ0) is 11.6. The minimum Gasteiger partial charge on any atom is -0.388 e. The summed E-state index contributed by atoms with van der Waals surface area (Å²) in [6.45, 7) is 11.1. The number of aliphatic hydroxyl groups is 1. The van der Waals surface area contributed by atoms with Crippen LogP contribution in [0.15, 0.2) is 11.6 Å². The second-order valence-electron chi connectivity index (χ2n) is 6.31. The fourth-order valence-electron chi connectivity index (χ4n) is 2.34. The van der Waals surface area contributed by atoms with Crippen LogP contribution in [-0.2, 0) is 0 Å². The monoisotopic (exact) mass is 210 g/mol. The van der Waals surface area contributed by atoms with Gasteiger partial charge in [0, 0.05) is 0 Å². The molecule has 1 aliphatic rings. The van der Waals surface area contributed by atoms with E-state index in [1.54, 1.807) is 0 Å². The van der Waals surface area contributed by atoms with Crippen molar-refractivity contribution in [2.75, 3.05) is 0 Å². The molecule has 0 aromatic rings. The summed E-state index contributed by atoms with van der Waals surface area (Å²) in [5.74, 6) is 1.13. The lowest BCUT2D eigenvalue weighted by molar-refractivity contribution is 0.144. The van der Waals surface area contributed by atoms with Gasteiger partial charge in [0.2, 0.25) is 0 Å². The Morgan fingerprint density at radius 2 is 1.93 bits per heavy atom. The lowest BCUT2D eigenvalue weighted by Gasteiger charge is -2.34. The normalized spacial score (nSPS) is 25.3. The zero-order valence-electron chi connectivity index (χ0n) is 10.9. The number of hydrogen-bond donors (Lipinski definition) is 1. The highest BCUT2D eigenvalue weighted by atomic mass is 16.3. The van der Waals surface area contributed by atoms with Crippen molar-refractivity contribution in [3.63, 3.8) is 0 Å². The van der Waals surface area contributed by atoms with Crippen LogP contribution in [0.1, 0.15) is 53.9 Å². The van der Waals surface area contributed by atoms with Crippen LogP contribution in [0, 0.1) is 17.3 Å². The third-order valence-electron chi connectivity index (χ3n) is 3.68. The lowest BCUT2D eigenvalue weighted by atomic mass is 9.72. The van der Waals surface area contributed by atoms with Crippen LogP contribution in [-0.4, -0.2) is 11.2 Å². The van der Waals surface area contributed by atoms with Crippen LogP contribution in [0.3, 0.4) is 0 Å². The van der Waals surface area contributed by atoms with Crippen molar-refractivity contribution in [1.82, 2.24) is 0 Å². The van der Waals surface area contributed by atoms with Crippen LogP contribution >= 0.6 is 0 Å². The number of aliphatic hydroxyl groups excluding tert-OH is 1. The molecule has 15 heavy (non-hydrogen) atoms. The molecule has 88 valence electrons. The molecule has 0 fully saturated rings. The minimum absolute atomic E-state index is 0.217. The van der Waals surface area contributed by atoms with Gasteiger partial charge in [-0.2, -0.15) is 0 Å². The standard InChI is InChI=1S/C14H26O/c1-10(2)13(15)11-6-8-12(9-7-11)14(3,4)5/h6,10,12-13,15H,7-9H2,1-5H3. The van der Waals surface area contributed by atoms with Crippen molar-refractivity contribution in [1.29, 1.82) is 0 Å². The minimum atomic E-state index is -0.217. The lowest BCUT2D eigenvalue weighted by Crippen LogP contribution is -2.26. The van der Waals surface area contributed by atoms with Gasteiger partial charge in [-0.15, -0.1) is 0 Å². The Bertz CT molecular complexity index is 232. The maximum absolute atomic E-state index is 9.97. The largest absolute Gasteiger partial charge is 0.388 e. The molecular weight excluding hydrogens is 184 g/mol. The van der Waals surface area contributed by atoms with Crippen molar-refractivity contribution >= 4 is 0 Å². The van der Waals surface area contributed by atoms with E-state index in [4.69, 9.17) is 0 Å². The van der Waals surface area contributed by atoms with E-state index in [1.165, 1.54) is 12.0 Å². The van der Waals surface area contributed by atoms with Gasteiger partial charge in [-0.1, -0.05) is 40.7 Å². The average molecular weight is 210 g/mol.